The second kappa shape index (κ2) is 11.5. The molecular formula is C23H28N4O5. The highest BCUT2D eigenvalue weighted by Crippen LogP contribution is 2.25. The molecule has 2 atom stereocenters. The number of rotatable bonds is 10. The topological polar surface area (TPSA) is 140 Å². The van der Waals surface area contributed by atoms with Crippen LogP contribution in [0.4, 0.5) is 0 Å². The van der Waals surface area contributed by atoms with Crippen molar-refractivity contribution >= 4 is 0 Å². The number of aliphatic hydroxyl groups is 3. The van der Waals surface area contributed by atoms with Gasteiger partial charge in [-0.2, -0.15) is 0 Å². The fourth-order valence-corrected chi connectivity index (χ4v) is 3.15. The van der Waals surface area contributed by atoms with E-state index in [1.165, 1.54) is 0 Å². The maximum absolute atomic E-state index is 9.97. The molecular weight excluding hydrogens is 412 g/mol. The quantitative estimate of drug-likeness (QED) is 0.345. The summed E-state index contributed by atoms with van der Waals surface area (Å²) < 4.78 is 12.8. The lowest BCUT2D eigenvalue weighted by Gasteiger charge is -2.18. The summed E-state index contributed by atoms with van der Waals surface area (Å²) in [6.07, 6.45) is 3.30. The van der Waals surface area contributed by atoms with Crippen molar-refractivity contribution in [1.29, 1.82) is 0 Å². The van der Waals surface area contributed by atoms with Gasteiger partial charge in [0.2, 0.25) is 5.76 Å². The molecule has 0 aliphatic carbocycles. The fraction of sp³-hybridized carbons (Fsp3) is 0.391. The Morgan fingerprint density at radius 2 is 1.94 bits per heavy atom. The van der Waals surface area contributed by atoms with Gasteiger partial charge in [-0.3, -0.25) is 0 Å². The van der Waals surface area contributed by atoms with Gasteiger partial charge >= 0.3 is 0 Å². The van der Waals surface area contributed by atoms with Gasteiger partial charge < -0.3 is 34.9 Å². The number of ether oxygens (including phenoxy) is 1. The molecule has 2 aromatic heterocycles. The molecule has 0 aliphatic heterocycles. The van der Waals surface area contributed by atoms with Crippen molar-refractivity contribution in [3.05, 3.63) is 65.6 Å². The third-order valence-electron chi connectivity index (χ3n) is 4.90. The minimum atomic E-state index is -0.721. The minimum Gasteiger partial charge on any atom is -0.493 e. The first-order valence-corrected chi connectivity index (χ1v) is 10.4. The van der Waals surface area contributed by atoms with Crippen LogP contribution in [-0.4, -0.2) is 56.4 Å². The highest BCUT2D eigenvalue weighted by atomic mass is 16.5. The number of aromatic nitrogens is 3. The number of hydrogen-bond donors (Lipinski definition) is 4. The van der Waals surface area contributed by atoms with Crippen molar-refractivity contribution in [2.24, 2.45) is 11.7 Å². The fourth-order valence-electron chi connectivity index (χ4n) is 3.15. The Morgan fingerprint density at radius 3 is 2.59 bits per heavy atom. The summed E-state index contributed by atoms with van der Waals surface area (Å²) in [5.74, 6) is 7.24. The molecule has 32 heavy (non-hydrogen) atoms. The zero-order valence-corrected chi connectivity index (χ0v) is 17.9. The van der Waals surface area contributed by atoms with Crippen LogP contribution < -0.4 is 10.5 Å². The number of aliphatic hydroxyl groups excluding tert-OH is 3. The molecule has 9 nitrogen and oxygen atoms in total. The molecule has 3 aromatic rings. The molecule has 5 N–H and O–H groups in total. The van der Waals surface area contributed by atoms with E-state index in [1.807, 2.05) is 16.7 Å². The number of nitrogens with zero attached hydrogens (tertiary/aromatic N) is 3. The van der Waals surface area contributed by atoms with Crippen LogP contribution in [0.2, 0.25) is 0 Å². The van der Waals surface area contributed by atoms with Gasteiger partial charge in [0.05, 0.1) is 25.9 Å². The van der Waals surface area contributed by atoms with Crippen molar-refractivity contribution in [2.75, 3.05) is 26.4 Å². The maximum atomic E-state index is 9.97. The van der Waals surface area contributed by atoms with Crippen LogP contribution in [0.25, 0.3) is 0 Å². The number of benzene rings is 1. The van der Waals surface area contributed by atoms with E-state index < -0.39 is 6.10 Å². The van der Waals surface area contributed by atoms with Crippen molar-refractivity contribution in [3.8, 4) is 17.6 Å². The molecule has 1 unspecified atom stereocenters. The number of nitrogens with two attached hydrogens (primary N) is 1. The molecule has 170 valence electrons. The minimum absolute atomic E-state index is 0.132. The van der Waals surface area contributed by atoms with E-state index in [0.29, 0.717) is 36.0 Å². The van der Waals surface area contributed by atoms with Gasteiger partial charge in [-0.25, -0.2) is 4.98 Å². The summed E-state index contributed by atoms with van der Waals surface area (Å²) in [5, 5.41) is 32.3. The predicted molar refractivity (Wildman–Crippen MR) is 117 cm³/mol. The SMILES string of the molecule is C[C@H](O)c1nccn1C(CCN)c1cc(C#Cc2ccc(OCC(CO)CO)cc2)on1. The van der Waals surface area contributed by atoms with Gasteiger partial charge in [0, 0.05) is 29.9 Å². The van der Waals surface area contributed by atoms with E-state index in [9.17, 15) is 5.11 Å². The average molecular weight is 441 g/mol. The van der Waals surface area contributed by atoms with Crippen molar-refractivity contribution in [1.82, 2.24) is 14.7 Å². The van der Waals surface area contributed by atoms with Crippen molar-refractivity contribution in [2.45, 2.75) is 25.5 Å². The molecule has 9 heteroatoms. The number of hydrogen-bond acceptors (Lipinski definition) is 8. The molecule has 0 radical (unpaired) electrons. The second-order valence-electron chi connectivity index (χ2n) is 7.39. The van der Waals surface area contributed by atoms with Gasteiger partial charge in [0.1, 0.15) is 23.4 Å². The Hall–Kier alpha value is -3.16. The number of imidazole rings is 1. The maximum Gasteiger partial charge on any atom is 0.210 e. The van der Waals surface area contributed by atoms with Crippen molar-refractivity contribution < 1.29 is 24.6 Å². The first-order chi connectivity index (χ1) is 15.5. The molecule has 1 aromatic carbocycles. The Bertz CT molecular complexity index is 1030. The van der Waals surface area contributed by atoms with Crippen LogP contribution >= 0.6 is 0 Å². The molecule has 2 heterocycles. The lowest BCUT2D eigenvalue weighted by Crippen LogP contribution is -2.19. The Kier molecular flexibility index (Phi) is 8.41. The highest BCUT2D eigenvalue weighted by Gasteiger charge is 2.21. The molecule has 0 fully saturated rings. The average Bonchev–Trinajstić information content (AvgIpc) is 3.47. The Balaban J connectivity index is 1.70. The largest absolute Gasteiger partial charge is 0.493 e. The summed E-state index contributed by atoms with van der Waals surface area (Å²) in [4.78, 5) is 4.22. The van der Waals surface area contributed by atoms with E-state index in [1.54, 1.807) is 37.5 Å². The van der Waals surface area contributed by atoms with Crippen LogP contribution in [0.5, 0.6) is 5.75 Å². The summed E-state index contributed by atoms with van der Waals surface area (Å²) in [6.45, 7) is 2.06. The first-order valence-electron chi connectivity index (χ1n) is 10.4. The predicted octanol–water partition coefficient (Wildman–Crippen LogP) is 1.24. The highest BCUT2D eigenvalue weighted by molar-refractivity contribution is 5.42. The molecule has 0 saturated carbocycles. The Labute approximate surface area is 186 Å². The molecule has 0 bridgehead atoms. The summed E-state index contributed by atoms with van der Waals surface area (Å²) in [7, 11) is 0. The third kappa shape index (κ3) is 5.96. The molecule has 0 amide bonds. The monoisotopic (exact) mass is 440 g/mol. The van der Waals surface area contributed by atoms with Crippen LogP contribution in [-0.2, 0) is 0 Å². The van der Waals surface area contributed by atoms with E-state index in [4.69, 9.17) is 25.2 Å². The molecule has 0 saturated heterocycles. The first kappa shape index (κ1) is 23.5. The van der Waals surface area contributed by atoms with Gasteiger partial charge in [-0.1, -0.05) is 11.1 Å². The summed E-state index contributed by atoms with van der Waals surface area (Å²) in [5.41, 5.74) is 7.21. The second-order valence-corrected chi connectivity index (χ2v) is 7.39. The van der Waals surface area contributed by atoms with E-state index in [2.05, 4.69) is 22.0 Å². The molecule has 3 rings (SSSR count). The van der Waals surface area contributed by atoms with E-state index in [0.717, 1.165) is 5.56 Å². The van der Waals surface area contributed by atoms with Crippen LogP contribution in [0.15, 0.2) is 47.2 Å². The van der Waals surface area contributed by atoms with Crippen LogP contribution in [0, 0.1) is 17.8 Å². The zero-order chi connectivity index (χ0) is 22.9. The molecule has 0 spiro atoms. The zero-order valence-electron chi connectivity index (χ0n) is 17.9. The van der Waals surface area contributed by atoms with E-state index >= 15 is 0 Å². The third-order valence-corrected chi connectivity index (χ3v) is 4.90. The van der Waals surface area contributed by atoms with Crippen LogP contribution in [0.3, 0.4) is 0 Å². The van der Waals surface area contributed by atoms with Gasteiger partial charge in [-0.15, -0.1) is 0 Å². The standard InChI is InChI=1S/C23H28N4O5/c1-16(30)23-25-10-11-27(23)22(8-9-24)21-12-20(32-26-21)7-4-17-2-5-19(6-3-17)31-15-18(13-28)14-29/h2-3,5-6,10-12,16,18,22,28-30H,8-9,13-15,24H2,1H3/t16-,22?/m0/s1. The smallest absolute Gasteiger partial charge is 0.210 e. The van der Waals surface area contributed by atoms with E-state index in [-0.39, 0.29) is 31.8 Å². The molecule has 0 aliphatic rings. The van der Waals surface area contributed by atoms with Gasteiger partial charge in [0.25, 0.3) is 0 Å². The summed E-state index contributed by atoms with van der Waals surface area (Å²) in [6, 6.07) is 8.71. The van der Waals surface area contributed by atoms with Crippen LogP contribution in [0.1, 0.15) is 48.3 Å². The van der Waals surface area contributed by atoms with Gasteiger partial charge in [0.15, 0.2) is 0 Å². The Morgan fingerprint density at radius 1 is 1.19 bits per heavy atom. The van der Waals surface area contributed by atoms with Crippen molar-refractivity contribution in [3.63, 3.8) is 0 Å². The lowest BCUT2D eigenvalue weighted by atomic mass is 10.1. The summed E-state index contributed by atoms with van der Waals surface area (Å²) >= 11 is 0. The normalized spacial score (nSPS) is 12.9. The van der Waals surface area contributed by atoms with Gasteiger partial charge in [-0.05, 0) is 50.1 Å². The lowest BCUT2D eigenvalue weighted by molar-refractivity contribution is 0.106.